The van der Waals surface area contributed by atoms with Gasteiger partial charge < -0.3 is 0 Å². The largest absolute Gasteiger partial charge is 0.0620 e. The number of benzene rings is 2. The Balaban J connectivity index is 1.70. The van der Waals surface area contributed by atoms with E-state index in [2.05, 4.69) is 68.5 Å². The summed E-state index contributed by atoms with van der Waals surface area (Å²) >= 11 is 0. The number of allylic oxidation sites excluding steroid dienone is 4. The van der Waals surface area contributed by atoms with Crippen molar-refractivity contribution in [1.29, 1.82) is 0 Å². The topological polar surface area (TPSA) is 0 Å². The molecule has 5 rings (SSSR count). The third kappa shape index (κ3) is 1.43. The van der Waals surface area contributed by atoms with E-state index in [1.165, 1.54) is 23.1 Å². The van der Waals surface area contributed by atoms with Gasteiger partial charge in [-0.05, 0) is 46.2 Å². The maximum atomic E-state index is 2.53. The minimum atomic E-state index is 0.175. The van der Waals surface area contributed by atoms with Gasteiger partial charge in [0.1, 0.15) is 0 Å². The van der Waals surface area contributed by atoms with Crippen LogP contribution in [0.3, 0.4) is 0 Å². The molecule has 0 nitrogen and oxygen atoms in total. The standard InChI is InChI=1S/C22H20/c1-22(2)20-10-6-5-9-17(20)19-13-18-15(12-21(19)22)11-14-7-3-4-8-16(14)18/h3-10,12,19H,11,13H2,1-2H3. The molecule has 0 radical (unpaired) electrons. The Hall–Kier alpha value is -2.08. The Bertz CT molecular complexity index is 861. The molecule has 22 heavy (non-hydrogen) atoms. The molecule has 0 bridgehead atoms. The molecular formula is C22H20. The van der Waals surface area contributed by atoms with Crippen LogP contribution in [0.15, 0.2) is 65.8 Å². The van der Waals surface area contributed by atoms with Crippen LogP contribution in [0.25, 0.3) is 5.57 Å². The average molecular weight is 284 g/mol. The first-order valence-corrected chi connectivity index (χ1v) is 8.28. The third-order valence-electron chi connectivity index (χ3n) is 5.96. The monoisotopic (exact) mass is 284 g/mol. The number of rotatable bonds is 0. The fourth-order valence-electron chi connectivity index (χ4n) is 4.85. The summed E-state index contributed by atoms with van der Waals surface area (Å²) in [5.74, 6) is 0.580. The van der Waals surface area contributed by atoms with Crippen molar-refractivity contribution in [3.63, 3.8) is 0 Å². The van der Waals surface area contributed by atoms with Gasteiger partial charge in [-0.1, -0.05) is 74.0 Å². The zero-order valence-electron chi connectivity index (χ0n) is 13.2. The zero-order valence-corrected chi connectivity index (χ0v) is 13.2. The first-order valence-electron chi connectivity index (χ1n) is 8.28. The van der Waals surface area contributed by atoms with E-state index in [9.17, 15) is 0 Å². The molecule has 0 heterocycles. The lowest BCUT2D eigenvalue weighted by Gasteiger charge is -2.28. The van der Waals surface area contributed by atoms with Crippen LogP contribution in [0.5, 0.6) is 0 Å². The molecule has 0 spiro atoms. The third-order valence-corrected chi connectivity index (χ3v) is 5.96. The second-order valence-electron chi connectivity index (χ2n) is 7.41. The fourth-order valence-corrected chi connectivity index (χ4v) is 4.85. The molecule has 0 saturated carbocycles. The maximum absolute atomic E-state index is 2.53. The maximum Gasteiger partial charge on any atom is 0.0117 e. The van der Waals surface area contributed by atoms with Gasteiger partial charge >= 0.3 is 0 Å². The molecular weight excluding hydrogens is 264 g/mol. The summed E-state index contributed by atoms with van der Waals surface area (Å²) in [7, 11) is 0. The van der Waals surface area contributed by atoms with E-state index in [0.29, 0.717) is 5.92 Å². The van der Waals surface area contributed by atoms with Crippen LogP contribution in [-0.2, 0) is 11.8 Å². The predicted molar refractivity (Wildman–Crippen MR) is 92.0 cm³/mol. The van der Waals surface area contributed by atoms with Crippen LogP contribution in [0, 0.1) is 0 Å². The van der Waals surface area contributed by atoms with Gasteiger partial charge in [0, 0.05) is 11.3 Å². The van der Waals surface area contributed by atoms with E-state index in [1.807, 2.05) is 0 Å². The van der Waals surface area contributed by atoms with Gasteiger partial charge in [0.15, 0.2) is 0 Å². The second-order valence-corrected chi connectivity index (χ2v) is 7.41. The fraction of sp³-hybridized carbons (Fsp3) is 0.273. The first kappa shape index (κ1) is 12.5. The predicted octanol–water partition coefficient (Wildman–Crippen LogP) is 5.40. The van der Waals surface area contributed by atoms with Crippen LogP contribution in [0.2, 0.25) is 0 Å². The van der Waals surface area contributed by atoms with E-state index in [1.54, 1.807) is 22.3 Å². The van der Waals surface area contributed by atoms with Gasteiger partial charge in [0.25, 0.3) is 0 Å². The minimum absolute atomic E-state index is 0.175. The van der Waals surface area contributed by atoms with Crippen LogP contribution < -0.4 is 0 Å². The molecule has 0 saturated heterocycles. The highest BCUT2D eigenvalue weighted by Crippen LogP contribution is 2.57. The molecule has 3 aliphatic rings. The quantitative estimate of drug-likeness (QED) is 0.607. The van der Waals surface area contributed by atoms with Gasteiger partial charge in [0.05, 0.1) is 0 Å². The van der Waals surface area contributed by atoms with Crippen molar-refractivity contribution in [2.45, 2.75) is 38.0 Å². The summed E-state index contributed by atoms with van der Waals surface area (Å²) < 4.78 is 0. The lowest BCUT2D eigenvalue weighted by Crippen LogP contribution is -2.18. The molecule has 3 aliphatic carbocycles. The van der Waals surface area contributed by atoms with E-state index in [0.717, 1.165) is 6.42 Å². The Kier molecular flexibility index (Phi) is 2.27. The highest BCUT2D eigenvalue weighted by molar-refractivity contribution is 5.82. The van der Waals surface area contributed by atoms with E-state index < -0.39 is 0 Å². The lowest BCUT2D eigenvalue weighted by molar-refractivity contribution is 0.613. The highest BCUT2D eigenvalue weighted by atomic mass is 14.5. The van der Waals surface area contributed by atoms with Crippen molar-refractivity contribution in [2.24, 2.45) is 0 Å². The van der Waals surface area contributed by atoms with E-state index >= 15 is 0 Å². The van der Waals surface area contributed by atoms with Gasteiger partial charge in [-0.25, -0.2) is 0 Å². The normalized spacial score (nSPS) is 23.5. The summed E-state index contributed by atoms with van der Waals surface area (Å²) in [4.78, 5) is 0. The van der Waals surface area contributed by atoms with Crippen molar-refractivity contribution >= 4 is 5.57 Å². The van der Waals surface area contributed by atoms with Gasteiger partial charge in [-0.2, -0.15) is 0 Å². The smallest absolute Gasteiger partial charge is 0.0117 e. The van der Waals surface area contributed by atoms with Crippen molar-refractivity contribution < 1.29 is 0 Å². The number of hydrogen-bond acceptors (Lipinski definition) is 0. The molecule has 2 aromatic carbocycles. The van der Waals surface area contributed by atoms with Crippen molar-refractivity contribution in [1.82, 2.24) is 0 Å². The molecule has 0 aliphatic heterocycles. The molecule has 0 amide bonds. The number of fused-ring (bicyclic) bond motifs is 5. The SMILES string of the molecule is CC1(C)C2=CC3=C(CC2c2ccccc21)c1ccccc1C3. The lowest BCUT2D eigenvalue weighted by atomic mass is 9.75. The Morgan fingerprint density at radius 3 is 2.64 bits per heavy atom. The highest BCUT2D eigenvalue weighted by Gasteiger charge is 2.44. The Morgan fingerprint density at radius 2 is 1.73 bits per heavy atom. The summed E-state index contributed by atoms with van der Waals surface area (Å²) in [5, 5.41) is 0. The molecule has 0 fully saturated rings. The van der Waals surface area contributed by atoms with Gasteiger partial charge in [0.2, 0.25) is 0 Å². The van der Waals surface area contributed by atoms with Crippen molar-refractivity contribution in [3.8, 4) is 0 Å². The summed E-state index contributed by atoms with van der Waals surface area (Å²) in [6.45, 7) is 4.79. The van der Waals surface area contributed by atoms with Crippen LogP contribution >= 0.6 is 0 Å². The van der Waals surface area contributed by atoms with Crippen LogP contribution in [0.1, 0.15) is 48.4 Å². The van der Waals surface area contributed by atoms with E-state index in [-0.39, 0.29) is 5.41 Å². The molecule has 108 valence electrons. The zero-order chi connectivity index (χ0) is 14.9. The summed E-state index contributed by atoms with van der Waals surface area (Å²) in [5.41, 5.74) is 11.0. The number of hydrogen-bond donors (Lipinski definition) is 0. The molecule has 2 aromatic rings. The van der Waals surface area contributed by atoms with Crippen LogP contribution in [-0.4, -0.2) is 0 Å². The summed E-state index contributed by atoms with van der Waals surface area (Å²) in [6.07, 6.45) is 4.83. The van der Waals surface area contributed by atoms with Crippen molar-refractivity contribution in [2.75, 3.05) is 0 Å². The van der Waals surface area contributed by atoms with Crippen LogP contribution in [0.4, 0.5) is 0 Å². The first-order chi connectivity index (χ1) is 10.7. The van der Waals surface area contributed by atoms with Crippen molar-refractivity contribution in [3.05, 3.63) is 88.0 Å². The molecule has 1 atom stereocenters. The van der Waals surface area contributed by atoms with E-state index in [4.69, 9.17) is 0 Å². The molecule has 0 aromatic heterocycles. The Labute approximate surface area is 132 Å². The molecule has 0 N–H and O–H groups in total. The van der Waals surface area contributed by atoms with Gasteiger partial charge in [-0.15, -0.1) is 0 Å². The Morgan fingerprint density at radius 1 is 0.955 bits per heavy atom. The average Bonchev–Trinajstić information content (AvgIpc) is 3.00. The molecule has 1 unspecified atom stereocenters. The second kappa shape index (κ2) is 4.01. The summed E-state index contributed by atoms with van der Waals surface area (Å²) in [6, 6.07) is 18.0. The van der Waals surface area contributed by atoms with Gasteiger partial charge in [-0.3, -0.25) is 0 Å². The molecule has 0 heteroatoms. The minimum Gasteiger partial charge on any atom is -0.0620 e.